The SMILES string of the molecule is CCCNc1nnc(S[C@H](C)C(=O)Nc2cc(C)on2)s1. The van der Waals surface area contributed by atoms with Crippen LogP contribution in [-0.2, 0) is 4.79 Å². The predicted molar refractivity (Wildman–Crippen MR) is 83.9 cm³/mol. The lowest BCUT2D eigenvalue weighted by atomic mass is 10.4. The summed E-state index contributed by atoms with van der Waals surface area (Å²) in [4.78, 5) is 12.0. The van der Waals surface area contributed by atoms with Crippen LogP contribution in [0.1, 0.15) is 26.0 Å². The van der Waals surface area contributed by atoms with E-state index in [0.717, 1.165) is 22.4 Å². The minimum absolute atomic E-state index is 0.147. The zero-order chi connectivity index (χ0) is 15.2. The Morgan fingerprint density at radius 2 is 2.33 bits per heavy atom. The number of carbonyl (C=O) groups excluding carboxylic acids is 1. The Balaban J connectivity index is 1.86. The largest absolute Gasteiger partial charge is 0.360 e. The van der Waals surface area contributed by atoms with Crippen LogP contribution in [0.3, 0.4) is 0 Å². The van der Waals surface area contributed by atoms with Crippen LogP contribution in [0.15, 0.2) is 14.9 Å². The lowest BCUT2D eigenvalue weighted by molar-refractivity contribution is -0.115. The number of anilines is 2. The van der Waals surface area contributed by atoms with Gasteiger partial charge in [-0.15, -0.1) is 10.2 Å². The molecule has 0 aliphatic rings. The molecule has 9 heteroatoms. The molecule has 0 aliphatic heterocycles. The monoisotopic (exact) mass is 327 g/mol. The van der Waals surface area contributed by atoms with E-state index in [0.29, 0.717) is 11.6 Å². The fourth-order valence-electron chi connectivity index (χ4n) is 1.42. The van der Waals surface area contributed by atoms with Crippen LogP contribution in [0.25, 0.3) is 0 Å². The van der Waals surface area contributed by atoms with Gasteiger partial charge in [0, 0.05) is 12.6 Å². The summed E-state index contributed by atoms with van der Waals surface area (Å²) in [6.45, 7) is 6.53. The number of rotatable bonds is 7. The number of hydrogen-bond donors (Lipinski definition) is 2. The lowest BCUT2D eigenvalue weighted by Gasteiger charge is -2.07. The highest BCUT2D eigenvalue weighted by atomic mass is 32.2. The molecule has 2 N–H and O–H groups in total. The van der Waals surface area contributed by atoms with Crippen molar-refractivity contribution in [3.8, 4) is 0 Å². The first-order valence-electron chi connectivity index (χ1n) is 6.56. The molecule has 2 aromatic rings. The van der Waals surface area contributed by atoms with Crippen molar-refractivity contribution >= 4 is 40.0 Å². The molecule has 0 radical (unpaired) electrons. The second-order valence-corrected chi connectivity index (χ2v) is 6.94. The quantitative estimate of drug-likeness (QED) is 0.755. The summed E-state index contributed by atoms with van der Waals surface area (Å²) in [6.07, 6.45) is 1.03. The average molecular weight is 327 g/mol. The van der Waals surface area contributed by atoms with Crippen molar-refractivity contribution in [2.75, 3.05) is 17.2 Å². The number of aromatic nitrogens is 3. The maximum atomic E-state index is 12.0. The highest BCUT2D eigenvalue weighted by Gasteiger charge is 2.18. The molecule has 21 heavy (non-hydrogen) atoms. The van der Waals surface area contributed by atoms with Crippen molar-refractivity contribution in [1.82, 2.24) is 15.4 Å². The molecular weight excluding hydrogens is 310 g/mol. The van der Waals surface area contributed by atoms with Gasteiger partial charge in [0.15, 0.2) is 10.2 Å². The number of nitrogens with one attached hydrogen (secondary N) is 2. The lowest BCUT2D eigenvalue weighted by Crippen LogP contribution is -2.22. The molecule has 0 saturated heterocycles. The molecule has 7 nitrogen and oxygen atoms in total. The van der Waals surface area contributed by atoms with E-state index < -0.39 is 0 Å². The molecule has 2 aromatic heterocycles. The van der Waals surface area contributed by atoms with Gasteiger partial charge in [-0.3, -0.25) is 4.79 Å². The minimum Gasteiger partial charge on any atom is -0.360 e. The van der Waals surface area contributed by atoms with Gasteiger partial charge in [0.2, 0.25) is 11.0 Å². The third-order valence-electron chi connectivity index (χ3n) is 2.46. The first kappa shape index (κ1) is 15.8. The van der Waals surface area contributed by atoms with Crippen molar-refractivity contribution in [2.45, 2.75) is 36.8 Å². The first-order chi connectivity index (χ1) is 10.1. The summed E-state index contributed by atoms with van der Waals surface area (Å²) < 4.78 is 5.66. The van der Waals surface area contributed by atoms with Crippen LogP contribution in [0.2, 0.25) is 0 Å². The molecule has 0 unspecified atom stereocenters. The Labute approximate surface area is 130 Å². The number of amides is 1. The Morgan fingerprint density at radius 1 is 1.52 bits per heavy atom. The topological polar surface area (TPSA) is 92.9 Å². The molecule has 114 valence electrons. The van der Waals surface area contributed by atoms with Crippen LogP contribution >= 0.6 is 23.1 Å². The van der Waals surface area contributed by atoms with E-state index in [1.165, 1.54) is 23.1 Å². The highest BCUT2D eigenvalue weighted by Crippen LogP contribution is 2.29. The number of aryl methyl sites for hydroxylation is 1. The van der Waals surface area contributed by atoms with Gasteiger partial charge in [-0.25, -0.2) is 0 Å². The molecule has 0 aliphatic carbocycles. The molecule has 2 heterocycles. The molecule has 1 amide bonds. The fraction of sp³-hybridized carbons (Fsp3) is 0.500. The molecule has 0 fully saturated rings. The maximum absolute atomic E-state index is 12.0. The van der Waals surface area contributed by atoms with E-state index in [1.54, 1.807) is 13.0 Å². The molecule has 0 aromatic carbocycles. The van der Waals surface area contributed by atoms with Crippen molar-refractivity contribution in [3.63, 3.8) is 0 Å². The number of thioether (sulfide) groups is 1. The summed E-state index contributed by atoms with van der Waals surface area (Å²) in [5, 5.41) is 18.2. The summed E-state index contributed by atoms with van der Waals surface area (Å²) in [5.74, 6) is 0.931. The van der Waals surface area contributed by atoms with Gasteiger partial charge in [0.05, 0.1) is 5.25 Å². The van der Waals surface area contributed by atoms with Gasteiger partial charge < -0.3 is 15.2 Å². The van der Waals surface area contributed by atoms with Crippen molar-refractivity contribution < 1.29 is 9.32 Å². The third-order valence-corrected chi connectivity index (χ3v) is 4.52. The van der Waals surface area contributed by atoms with Gasteiger partial charge in [-0.05, 0) is 20.3 Å². The van der Waals surface area contributed by atoms with Gasteiger partial charge >= 0.3 is 0 Å². The smallest absolute Gasteiger partial charge is 0.238 e. The zero-order valence-corrected chi connectivity index (χ0v) is 13.7. The van der Waals surface area contributed by atoms with Crippen molar-refractivity contribution in [1.29, 1.82) is 0 Å². The zero-order valence-electron chi connectivity index (χ0n) is 12.0. The third kappa shape index (κ3) is 4.71. The van der Waals surface area contributed by atoms with Crippen LogP contribution in [0.4, 0.5) is 10.9 Å². The maximum Gasteiger partial charge on any atom is 0.238 e. The normalized spacial score (nSPS) is 12.1. The number of carbonyl (C=O) groups is 1. The number of hydrogen-bond acceptors (Lipinski definition) is 8. The second kappa shape index (κ2) is 7.41. The molecule has 0 spiro atoms. The summed E-state index contributed by atoms with van der Waals surface area (Å²) in [7, 11) is 0. The second-order valence-electron chi connectivity index (χ2n) is 4.37. The van der Waals surface area contributed by atoms with Crippen molar-refractivity contribution in [3.05, 3.63) is 11.8 Å². The van der Waals surface area contributed by atoms with Crippen LogP contribution < -0.4 is 10.6 Å². The van der Waals surface area contributed by atoms with Crippen LogP contribution in [0.5, 0.6) is 0 Å². The fourth-order valence-corrected chi connectivity index (χ4v) is 3.34. The molecule has 2 rings (SSSR count). The van der Waals surface area contributed by atoms with E-state index in [9.17, 15) is 4.79 Å². The van der Waals surface area contributed by atoms with Gasteiger partial charge in [-0.2, -0.15) is 0 Å². The van der Waals surface area contributed by atoms with E-state index in [1.807, 2.05) is 6.92 Å². The Kier molecular flexibility index (Phi) is 5.57. The van der Waals surface area contributed by atoms with E-state index in [-0.39, 0.29) is 11.2 Å². The minimum atomic E-state index is -0.297. The Bertz CT molecular complexity index is 598. The van der Waals surface area contributed by atoms with Gasteiger partial charge in [0.1, 0.15) is 5.76 Å². The van der Waals surface area contributed by atoms with E-state index in [2.05, 4.69) is 32.9 Å². The Hall–Kier alpha value is -1.61. The standard InChI is InChI=1S/C12H17N5O2S2/c1-4-5-13-11-15-16-12(21-11)20-8(3)10(18)14-9-6-7(2)19-17-9/h6,8H,4-5H2,1-3H3,(H,13,15)(H,14,17,18)/t8-/m1/s1. The highest BCUT2D eigenvalue weighted by molar-refractivity contribution is 8.02. The summed E-state index contributed by atoms with van der Waals surface area (Å²) in [6, 6.07) is 1.67. The van der Waals surface area contributed by atoms with Crippen LogP contribution in [-0.4, -0.2) is 33.1 Å². The molecule has 1 atom stereocenters. The number of nitrogens with zero attached hydrogens (tertiary/aromatic N) is 3. The first-order valence-corrected chi connectivity index (χ1v) is 8.26. The van der Waals surface area contributed by atoms with E-state index in [4.69, 9.17) is 4.52 Å². The molecule has 0 bridgehead atoms. The average Bonchev–Trinajstić information content (AvgIpc) is 3.05. The van der Waals surface area contributed by atoms with E-state index >= 15 is 0 Å². The molecule has 0 saturated carbocycles. The van der Waals surface area contributed by atoms with Gasteiger partial charge in [-0.1, -0.05) is 35.2 Å². The summed E-state index contributed by atoms with van der Waals surface area (Å²) >= 11 is 2.81. The molecular formula is C12H17N5O2S2. The van der Waals surface area contributed by atoms with Gasteiger partial charge in [0.25, 0.3) is 0 Å². The predicted octanol–water partition coefficient (Wildman–Crippen LogP) is 2.78. The Morgan fingerprint density at radius 3 is 3.00 bits per heavy atom. The summed E-state index contributed by atoms with van der Waals surface area (Å²) in [5.41, 5.74) is 0. The van der Waals surface area contributed by atoms with Crippen molar-refractivity contribution in [2.24, 2.45) is 0 Å². The van der Waals surface area contributed by atoms with Crippen LogP contribution in [0, 0.1) is 6.92 Å².